The van der Waals surface area contributed by atoms with E-state index in [0.717, 1.165) is 17.7 Å². The number of aromatic nitrogens is 2. The fourth-order valence-corrected chi connectivity index (χ4v) is 3.36. The lowest BCUT2D eigenvalue weighted by Crippen LogP contribution is -2.28. The maximum absolute atomic E-state index is 12.8. The van der Waals surface area contributed by atoms with Gasteiger partial charge in [0, 0.05) is 27.3 Å². The average Bonchev–Trinajstić information content (AvgIpc) is 2.71. The molecule has 0 amide bonds. The summed E-state index contributed by atoms with van der Waals surface area (Å²) in [5, 5.41) is 16.2. The molecule has 0 aliphatic carbocycles. The fourth-order valence-electron chi connectivity index (χ4n) is 2.60. The minimum absolute atomic E-state index is 0.0255. The predicted octanol–water partition coefficient (Wildman–Crippen LogP) is 3.28. The Kier molecular flexibility index (Phi) is 9.64. The summed E-state index contributed by atoms with van der Waals surface area (Å²) in [7, 11) is -1.23. The third kappa shape index (κ3) is 9.29. The second kappa shape index (κ2) is 12.2. The van der Waals surface area contributed by atoms with Gasteiger partial charge in [-0.25, -0.2) is 9.48 Å². The molecule has 0 saturated carbocycles. The fraction of sp³-hybridized carbons (Fsp3) is 0.409. The molecule has 1 heterocycles. The van der Waals surface area contributed by atoms with E-state index < -0.39 is 19.6 Å². The summed E-state index contributed by atoms with van der Waals surface area (Å²) in [6.45, 7) is 8.68. The van der Waals surface area contributed by atoms with Gasteiger partial charge in [0.15, 0.2) is 0 Å². The monoisotopic (exact) mass is 445 g/mol. The molecular weight excluding hydrogens is 414 g/mol. The highest BCUT2D eigenvalue weighted by atomic mass is 28.3. The number of rotatable bonds is 13. The van der Waals surface area contributed by atoms with Crippen molar-refractivity contribution < 1.29 is 19.4 Å². The lowest BCUT2D eigenvalue weighted by molar-refractivity contribution is -0.131. The van der Waals surface area contributed by atoms with Crippen LogP contribution in [0.2, 0.25) is 25.7 Å². The van der Waals surface area contributed by atoms with Gasteiger partial charge in [-0.05, 0) is 17.7 Å². The van der Waals surface area contributed by atoms with E-state index in [9.17, 15) is 9.59 Å². The van der Waals surface area contributed by atoms with Crippen LogP contribution in [0.3, 0.4) is 0 Å². The maximum atomic E-state index is 12.8. The lowest BCUT2D eigenvalue weighted by atomic mass is 10.2. The van der Waals surface area contributed by atoms with Gasteiger partial charge >= 0.3 is 5.97 Å². The molecule has 8 nitrogen and oxygen atoms in total. The zero-order valence-corrected chi connectivity index (χ0v) is 19.3. The smallest absolute Gasteiger partial charge is 0.328 e. The Hall–Kier alpha value is -2.75. The summed E-state index contributed by atoms with van der Waals surface area (Å²) >= 11 is 0. The molecular formula is C22H31N3O5Si. The van der Waals surface area contributed by atoms with Crippen LogP contribution in [0.5, 0.6) is 0 Å². The van der Waals surface area contributed by atoms with Crippen LogP contribution in [0.25, 0.3) is 6.08 Å². The Balaban J connectivity index is 1.98. The van der Waals surface area contributed by atoms with Crippen LogP contribution in [0.1, 0.15) is 11.1 Å². The van der Waals surface area contributed by atoms with Gasteiger partial charge < -0.3 is 19.9 Å². The zero-order chi connectivity index (χ0) is 22.7. The Morgan fingerprint density at radius 3 is 2.61 bits per heavy atom. The van der Waals surface area contributed by atoms with Gasteiger partial charge in [-0.2, -0.15) is 5.10 Å². The molecule has 168 valence electrons. The van der Waals surface area contributed by atoms with E-state index in [0.29, 0.717) is 32.1 Å². The number of hydrogen-bond donors (Lipinski definition) is 2. The summed E-state index contributed by atoms with van der Waals surface area (Å²) in [4.78, 5) is 23.7. The van der Waals surface area contributed by atoms with Gasteiger partial charge in [-0.3, -0.25) is 4.79 Å². The van der Waals surface area contributed by atoms with E-state index in [4.69, 9.17) is 14.6 Å². The molecule has 0 aliphatic heterocycles. The largest absolute Gasteiger partial charge is 0.478 e. The first-order valence-electron chi connectivity index (χ1n) is 10.2. The van der Waals surface area contributed by atoms with E-state index in [1.807, 2.05) is 30.3 Å². The SMILES string of the molecule is C[Si](C)(C)CCOCn1ncc(NCCOCc2ccccc2)c(/C=C/C(=O)O)c1=O. The molecule has 31 heavy (non-hydrogen) atoms. The number of hydrogen-bond acceptors (Lipinski definition) is 6. The number of carbonyl (C=O) groups is 1. The molecule has 0 bridgehead atoms. The first kappa shape index (κ1) is 24.5. The summed E-state index contributed by atoms with van der Waals surface area (Å²) in [5.41, 5.74) is 1.32. The van der Waals surface area contributed by atoms with Crippen molar-refractivity contribution in [3.05, 3.63) is 64.1 Å². The van der Waals surface area contributed by atoms with Crippen LogP contribution < -0.4 is 10.9 Å². The summed E-state index contributed by atoms with van der Waals surface area (Å²) in [6.07, 6.45) is 3.71. The second-order valence-corrected chi connectivity index (χ2v) is 13.9. The zero-order valence-electron chi connectivity index (χ0n) is 18.3. The molecule has 2 rings (SSSR count). The minimum atomic E-state index is -1.23. The third-order valence-corrected chi connectivity index (χ3v) is 6.06. The molecule has 0 saturated heterocycles. The number of carboxylic acid groups (broad SMARTS) is 1. The van der Waals surface area contributed by atoms with Gasteiger partial charge in [-0.1, -0.05) is 50.0 Å². The standard InChI is InChI=1S/C22H31N3O5Si/c1-31(2,3)14-13-30-17-25-22(28)19(9-10-21(26)27)20(15-24-25)23-11-12-29-16-18-7-5-4-6-8-18/h4-10,15,23H,11-14,16-17H2,1-3H3,(H,26,27)/b10-9+. The maximum Gasteiger partial charge on any atom is 0.328 e. The van der Waals surface area contributed by atoms with E-state index in [1.54, 1.807) is 0 Å². The molecule has 2 N–H and O–H groups in total. The van der Waals surface area contributed by atoms with E-state index in [2.05, 4.69) is 30.1 Å². The highest BCUT2D eigenvalue weighted by Gasteiger charge is 2.13. The van der Waals surface area contributed by atoms with Crippen molar-refractivity contribution in [2.75, 3.05) is 25.1 Å². The first-order valence-corrected chi connectivity index (χ1v) is 13.9. The molecule has 0 unspecified atom stereocenters. The Labute approximate surface area is 183 Å². The molecule has 9 heteroatoms. The molecule has 0 fully saturated rings. The number of nitrogens with one attached hydrogen (secondary N) is 1. The quantitative estimate of drug-likeness (QED) is 0.277. The van der Waals surface area contributed by atoms with E-state index in [1.165, 1.54) is 17.0 Å². The third-order valence-electron chi connectivity index (χ3n) is 4.36. The van der Waals surface area contributed by atoms with Crippen LogP contribution >= 0.6 is 0 Å². The number of nitrogens with zero attached hydrogens (tertiary/aromatic N) is 2. The van der Waals surface area contributed by atoms with Crippen LogP contribution in [0.15, 0.2) is 47.4 Å². The van der Waals surface area contributed by atoms with Gasteiger partial charge in [0.2, 0.25) is 0 Å². The summed E-state index contributed by atoms with van der Waals surface area (Å²) in [5.74, 6) is -1.13. The minimum Gasteiger partial charge on any atom is -0.478 e. The van der Waals surface area contributed by atoms with Crippen LogP contribution in [0.4, 0.5) is 5.69 Å². The number of ether oxygens (including phenoxy) is 2. The molecule has 0 aliphatic rings. The second-order valence-electron chi connectivity index (χ2n) is 8.26. The Bertz CT molecular complexity index is 923. The topological polar surface area (TPSA) is 103 Å². The van der Waals surface area contributed by atoms with Crippen LogP contribution in [-0.2, 0) is 27.6 Å². The van der Waals surface area contributed by atoms with Gasteiger partial charge in [0.25, 0.3) is 5.56 Å². The highest BCUT2D eigenvalue weighted by Crippen LogP contribution is 2.12. The average molecular weight is 446 g/mol. The number of aliphatic carboxylic acids is 1. The highest BCUT2D eigenvalue weighted by molar-refractivity contribution is 6.76. The number of benzene rings is 1. The molecule has 0 spiro atoms. The van der Waals surface area contributed by atoms with Crippen molar-refractivity contribution in [1.82, 2.24) is 9.78 Å². The molecule has 1 aromatic carbocycles. The summed E-state index contributed by atoms with van der Waals surface area (Å²) in [6, 6.07) is 10.8. The molecule has 0 atom stereocenters. The summed E-state index contributed by atoms with van der Waals surface area (Å²) < 4.78 is 12.4. The molecule has 0 radical (unpaired) electrons. The van der Waals surface area contributed by atoms with E-state index in [-0.39, 0.29) is 12.3 Å². The molecule has 1 aromatic heterocycles. The number of anilines is 1. The van der Waals surface area contributed by atoms with E-state index >= 15 is 0 Å². The van der Waals surface area contributed by atoms with Gasteiger partial charge in [0.1, 0.15) is 6.73 Å². The predicted molar refractivity (Wildman–Crippen MR) is 124 cm³/mol. The van der Waals surface area contributed by atoms with Crippen molar-refractivity contribution in [2.24, 2.45) is 0 Å². The van der Waals surface area contributed by atoms with Crippen LogP contribution in [-0.4, -0.2) is 48.7 Å². The van der Waals surface area contributed by atoms with Crippen molar-refractivity contribution in [1.29, 1.82) is 0 Å². The number of carboxylic acids is 1. The van der Waals surface area contributed by atoms with Crippen molar-refractivity contribution in [3.8, 4) is 0 Å². The molecule has 2 aromatic rings. The Morgan fingerprint density at radius 2 is 1.94 bits per heavy atom. The van der Waals surface area contributed by atoms with Crippen molar-refractivity contribution in [2.45, 2.75) is 39.0 Å². The lowest BCUT2D eigenvalue weighted by Gasteiger charge is -2.16. The van der Waals surface area contributed by atoms with Gasteiger partial charge in [-0.15, -0.1) is 0 Å². The van der Waals surface area contributed by atoms with Gasteiger partial charge in [0.05, 0.1) is 30.7 Å². The van der Waals surface area contributed by atoms with Crippen LogP contribution in [0, 0.1) is 0 Å². The normalized spacial score (nSPS) is 11.7. The van der Waals surface area contributed by atoms with Crippen molar-refractivity contribution in [3.63, 3.8) is 0 Å². The first-order chi connectivity index (χ1) is 14.8. The Morgan fingerprint density at radius 1 is 1.19 bits per heavy atom. The van der Waals surface area contributed by atoms with Crippen molar-refractivity contribution >= 4 is 25.8 Å².